The molecule has 0 spiro atoms. The number of carbonyl (C=O) groups excluding carboxylic acids is 2. The second-order valence-electron chi connectivity index (χ2n) is 4.87. The van der Waals surface area contributed by atoms with Crippen LogP contribution in [0.25, 0.3) is 0 Å². The highest BCUT2D eigenvalue weighted by Gasteiger charge is 2.21. The van der Waals surface area contributed by atoms with Gasteiger partial charge in [-0.15, -0.1) is 11.3 Å². The summed E-state index contributed by atoms with van der Waals surface area (Å²) in [6.07, 6.45) is 0.329. The van der Waals surface area contributed by atoms with Crippen LogP contribution in [0.5, 0.6) is 0 Å². The maximum absolute atomic E-state index is 11.7. The first-order valence-electron chi connectivity index (χ1n) is 6.35. The molecular weight excluding hydrogens is 316 g/mol. The topological polar surface area (TPSA) is 95.5 Å². The zero-order valence-electron chi connectivity index (χ0n) is 11.7. The molecule has 0 bridgehead atoms. The van der Waals surface area contributed by atoms with E-state index in [2.05, 4.69) is 10.6 Å². The van der Waals surface area contributed by atoms with Crippen molar-refractivity contribution < 1.29 is 19.5 Å². The lowest BCUT2D eigenvalue weighted by Crippen LogP contribution is -2.46. The predicted octanol–water partition coefficient (Wildman–Crippen LogP) is 1.75. The summed E-state index contributed by atoms with van der Waals surface area (Å²) in [6.45, 7) is 3.45. The molecule has 8 heteroatoms. The molecule has 116 valence electrons. The third-order valence-electron chi connectivity index (χ3n) is 2.55. The molecule has 0 unspecified atom stereocenters. The molecule has 2 amide bonds. The van der Waals surface area contributed by atoms with Crippen LogP contribution in [0.2, 0.25) is 4.34 Å². The first-order valence-corrected chi connectivity index (χ1v) is 7.54. The monoisotopic (exact) mass is 332 g/mol. The highest BCUT2D eigenvalue weighted by molar-refractivity contribution is 7.18. The number of carbonyl (C=O) groups is 3. The molecule has 0 radical (unpaired) electrons. The summed E-state index contributed by atoms with van der Waals surface area (Å²) < 4.78 is 0.479. The summed E-state index contributed by atoms with van der Waals surface area (Å²) in [5.74, 6) is -1.92. The van der Waals surface area contributed by atoms with Gasteiger partial charge in [0.15, 0.2) is 0 Å². The van der Waals surface area contributed by atoms with Gasteiger partial charge in [0.2, 0.25) is 5.91 Å². The number of thiophene rings is 1. The van der Waals surface area contributed by atoms with Crippen molar-refractivity contribution in [2.45, 2.75) is 26.3 Å². The molecule has 0 aromatic carbocycles. The molecule has 6 nitrogen and oxygen atoms in total. The fourth-order valence-electron chi connectivity index (χ4n) is 1.62. The Morgan fingerprint density at radius 3 is 2.48 bits per heavy atom. The van der Waals surface area contributed by atoms with Crippen LogP contribution in [0, 0.1) is 5.92 Å². The van der Waals surface area contributed by atoms with Crippen molar-refractivity contribution in [2.75, 3.05) is 6.54 Å². The standard InChI is InChI=1S/C13H17ClN2O4S/c1-7(2)5-8(13(19)20)16-11(17)6-15-12(18)9-3-4-10(14)21-9/h3-4,7-8H,5-6H2,1-2H3,(H,15,18)(H,16,17)(H,19,20)/t8-/m0/s1. The fraction of sp³-hybridized carbons (Fsp3) is 0.462. The molecule has 1 rings (SSSR count). The first kappa shape index (κ1) is 17.5. The second kappa shape index (κ2) is 7.99. The van der Waals surface area contributed by atoms with Crippen molar-refractivity contribution >= 4 is 40.7 Å². The summed E-state index contributed by atoms with van der Waals surface area (Å²) >= 11 is 6.82. The molecule has 0 saturated carbocycles. The quantitative estimate of drug-likeness (QED) is 0.708. The van der Waals surface area contributed by atoms with Crippen molar-refractivity contribution in [3.8, 4) is 0 Å². The molecule has 0 saturated heterocycles. The van der Waals surface area contributed by atoms with Gasteiger partial charge in [-0.25, -0.2) is 4.79 Å². The van der Waals surface area contributed by atoms with E-state index in [0.717, 1.165) is 11.3 Å². The van der Waals surface area contributed by atoms with Crippen molar-refractivity contribution in [1.82, 2.24) is 10.6 Å². The summed E-state index contributed by atoms with van der Waals surface area (Å²) in [5, 5.41) is 13.8. The third-order valence-corrected chi connectivity index (χ3v) is 3.78. The van der Waals surface area contributed by atoms with Crippen LogP contribution >= 0.6 is 22.9 Å². The Labute approximate surface area is 131 Å². The van der Waals surface area contributed by atoms with Gasteiger partial charge in [0.1, 0.15) is 6.04 Å². The smallest absolute Gasteiger partial charge is 0.326 e. The predicted molar refractivity (Wildman–Crippen MR) is 80.7 cm³/mol. The number of halogens is 1. The molecule has 0 fully saturated rings. The molecule has 0 aliphatic heterocycles. The maximum Gasteiger partial charge on any atom is 0.326 e. The van der Waals surface area contributed by atoms with Gasteiger partial charge >= 0.3 is 5.97 Å². The van der Waals surface area contributed by atoms with Crippen LogP contribution < -0.4 is 10.6 Å². The largest absolute Gasteiger partial charge is 0.480 e. The lowest BCUT2D eigenvalue weighted by atomic mass is 10.0. The Hall–Kier alpha value is -1.60. The highest BCUT2D eigenvalue weighted by Crippen LogP contribution is 2.20. The Balaban J connectivity index is 2.45. The number of aliphatic carboxylic acids is 1. The van der Waals surface area contributed by atoms with Gasteiger partial charge in [-0.05, 0) is 24.5 Å². The van der Waals surface area contributed by atoms with E-state index in [1.165, 1.54) is 0 Å². The van der Waals surface area contributed by atoms with E-state index in [-0.39, 0.29) is 12.5 Å². The molecule has 21 heavy (non-hydrogen) atoms. The van der Waals surface area contributed by atoms with E-state index in [9.17, 15) is 14.4 Å². The number of carboxylic acids is 1. The third kappa shape index (κ3) is 6.14. The summed E-state index contributed by atoms with van der Waals surface area (Å²) in [7, 11) is 0. The molecule has 1 aromatic rings. The van der Waals surface area contributed by atoms with Crippen molar-refractivity contribution in [2.24, 2.45) is 5.92 Å². The maximum atomic E-state index is 11.7. The van der Waals surface area contributed by atoms with Gasteiger partial charge in [0.25, 0.3) is 5.91 Å². The molecule has 0 aliphatic rings. The number of carboxylic acid groups (broad SMARTS) is 1. The molecule has 3 N–H and O–H groups in total. The average molecular weight is 333 g/mol. The summed E-state index contributed by atoms with van der Waals surface area (Å²) in [4.78, 5) is 34.8. The van der Waals surface area contributed by atoms with Crippen molar-refractivity contribution in [1.29, 1.82) is 0 Å². The Morgan fingerprint density at radius 1 is 1.33 bits per heavy atom. The molecule has 0 aliphatic carbocycles. The van der Waals surface area contributed by atoms with Gasteiger partial charge in [-0.1, -0.05) is 25.4 Å². The van der Waals surface area contributed by atoms with Crippen LogP contribution in [-0.2, 0) is 9.59 Å². The minimum atomic E-state index is -1.09. The lowest BCUT2D eigenvalue weighted by Gasteiger charge is -2.16. The summed E-state index contributed by atoms with van der Waals surface area (Å²) in [5.41, 5.74) is 0. The summed E-state index contributed by atoms with van der Waals surface area (Å²) in [6, 6.07) is 2.19. The van der Waals surface area contributed by atoms with Gasteiger partial charge < -0.3 is 15.7 Å². The van der Waals surface area contributed by atoms with Gasteiger partial charge in [-0.2, -0.15) is 0 Å². The van der Waals surface area contributed by atoms with E-state index in [0.29, 0.717) is 15.6 Å². The van der Waals surface area contributed by atoms with E-state index in [1.54, 1.807) is 12.1 Å². The Bertz CT molecular complexity index is 530. The van der Waals surface area contributed by atoms with Crippen LogP contribution in [0.4, 0.5) is 0 Å². The van der Waals surface area contributed by atoms with Crippen LogP contribution in [0.15, 0.2) is 12.1 Å². The van der Waals surface area contributed by atoms with Crippen LogP contribution in [0.1, 0.15) is 29.9 Å². The average Bonchev–Trinajstić information content (AvgIpc) is 2.81. The SMILES string of the molecule is CC(C)C[C@H](NC(=O)CNC(=O)c1ccc(Cl)s1)C(=O)O. The molecule has 1 aromatic heterocycles. The number of nitrogens with one attached hydrogen (secondary N) is 2. The van der Waals surface area contributed by atoms with E-state index < -0.39 is 23.8 Å². The number of hydrogen-bond acceptors (Lipinski definition) is 4. The zero-order chi connectivity index (χ0) is 16.0. The normalized spacial score (nSPS) is 12.0. The second-order valence-corrected chi connectivity index (χ2v) is 6.59. The van der Waals surface area contributed by atoms with E-state index in [1.807, 2.05) is 13.8 Å². The minimum Gasteiger partial charge on any atom is -0.480 e. The molecular formula is C13H17ClN2O4S. The van der Waals surface area contributed by atoms with Crippen LogP contribution in [0.3, 0.4) is 0 Å². The van der Waals surface area contributed by atoms with Crippen molar-refractivity contribution in [3.05, 3.63) is 21.3 Å². The van der Waals surface area contributed by atoms with Gasteiger partial charge in [0.05, 0.1) is 15.8 Å². The first-order chi connectivity index (χ1) is 9.79. The molecule has 1 atom stereocenters. The zero-order valence-corrected chi connectivity index (χ0v) is 13.3. The number of rotatable bonds is 7. The number of amides is 2. The van der Waals surface area contributed by atoms with E-state index in [4.69, 9.17) is 16.7 Å². The highest BCUT2D eigenvalue weighted by atomic mass is 35.5. The number of hydrogen-bond donors (Lipinski definition) is 3. The Kier molecular flexibility index (Phi) is 6.64. The fourth-order valence-corrected chi connectivity index (χ4v) is 2.58. The molecule has 1 heterocycles. The van der Waals surface area contributed by atoms with Crippen molar-refractivity contribution in [3.63, 3.8) is 0 Å². The van der Waals surface area contributed by atoms with Gasteiger partial charge in [-0.3, -0.25) is 9.59 Å². The van der Waals surface area contributed by atoms with E-state index >= 15 is 0 Å². The Morgan fingerprint density at radius 2 is 2.00 bits per heavy atom. The lowest BCUT2D eigenvalue weighted by molar-refractivity contribution is -0.142. The minimum absolute atomic E-state index is 0.134. The van der Waals surface area contributed by atoms with Gasteiger partial charge in [0, 0.05) is 0 Å². The van der Waals surface area contributed by atoms with Crippen LogP contribution in [-0.4, -0.2) is 35.5 Å².